The van der Waals surface area contributed by atoms with Crippen LogP contribution in [0.25, 0.3) is 0 Å². The molecule has 2 atom stereocenters. The van der Waals surface area contributed by atoms with Gasteiger partial charge in [-0.15, -0.1) is 0 Å². The van der Waals surface area contributed by atoms with Gasteiger partial charge in [0.15, 0.2) is 0 Å². The molecule has 2 unspecified atom stereocenters. The van der Waals surface area contributed by atoms with Crippen LogP contribution in [-0.4, -0.2) is 50.7 Å². The van der Waals surface area contributed by atoms with Crippen molar-refractivity contribution in [3.63, 3.8) is 0 Å². The number of methoxy groups -OCH3 is 1. The number of aryl methyl sites for hydroxylation is 4. The van der Waals surface area contributed by atoms with E-state index >= 15 is 0 Å². The lowest BCUT2D eigenvalue weighted by atomic mass is 9.90. The Morgan fingerprint density at radius 3 is 2.02 bits per heavy atom. The van der Waals surface area contributed by atoms with Crippen molar-refractivity contribution in [3.8, 4) is 5.75 Å². The number of hydrogen-bond acceptors (Lipinski definition) is 7. The van der Waals surface area contributed by atoms with E-state index in [1.165, 1.54) is 0 Å². The molecule has 10 heteroatoms. The molecule has 0 fully saturated rings. The lowest BCUT2D eigenvalue weighted by Crippen LogP contribution is -2.14. The van der Waals surface area contributed by atoms with E-state index in [0.29, 0.717) is 52.4 Å². The fraction of sp³-hybridized carbons (Fsp3) is 0.257. The van der Waals surface area contributed by atoms with Gasteiger partial charge in [-0.2, -0.15) is 0 Å². The Kier molecular flexibility index (Phi) is 15.3. The quantitative estimate of drug-likeness (QED) is 0.0440. The molecule has 234 valence electrons. The highest BCUT2D eigenvalue weighted by Gasteiger charge is 2.29. The largest absolute Gasteiger partial charge is 0.496 e. The van der Waals surface area contributed by atoms with Crippen LogP contribution in [0.1, 0.15) is 43.0 Å². The van der Waals surface area contributed by atoms with Crippen LogP contribution < -0.4 is 15.5 Å². The van der Waals surface area contributed by atoms with Gasteiger partial charge in [-0.3, -0.25) is 9.59 Å². The molecule has 0 saturated carbocycles. The Balaban J connectivity index is 1.59. The van der Waals surface area contributed by atoms with Crippen LogP contribution in [0.2, 0.25) is 0 Å². The van der Waals surface area contributed by atoms with Crippen molar-refractivity contribution >= 4 is 67.5 Å². The molecule has 5 nitrogen and oxygen atoms in total. The number of carbonyl (C=O) groups is 2. The summed E-state index contributed by atoms with van der Waals surface area (Å²) in [5.74, 6) is 1.91. The summed E-state index contributed by atoms with van der Waals surface area (Å²) in [6.45, 7) is 16.2. The summed E-state index contributed by atoms with van der Waals surface area (Å²) in [4.78, 5) is 27.5. The maximum atomic E-state index is 13.8. The molecular weight excluding hydrogens is 637 g/mol. The number of carbonyl (C=O) groups excluding carboxylic acids is 2. The number of ether oxygens (including phenoxy) is 1. The van der Waals surface area contributed by atoms with Crippen molar-refractivity contribution in [2.75, 3.05) is 31.8 Å². The summed E-state index contributed by atoms with van der Waals surface area (Å²) in [6.07, 6.45) is 5.08. The zero-order valence-corrected chi connectivity index (χ0v) is 29.9. The fourth-order valence-corrected chi connectivity index (χ4v) is 10.1. The Labute approximate surface area is 279 Å². The minimum Gasteiger partial charge on any atom is -0.496 e. The summed E-state index contributed by atoms with van der Waals surface area (Å²) in [7, 11) is 7.68. The van der Waals surface area contributed by atoms with Crippen LogP contribution in [0.15, 0.2) is 91.3 Å². The van der Waals surface area contributed by atoms with E-state index in [2.05, 4.69) is 13.2 Å². The lowest BCUT2D eigenvalue weighted by Gasteiger charge is -2.20. The van der Waals surface area contributed by atoms with E-state index in [9.17, 15) is 9.59 Å². The average Bonchev–Trinajstić information content (AvgIpc) is 3.00. The van der Waals surface area contributed by atoms with Gasteiger partial charge in [0.25, 0.3) is 0 Å². The normalized spacial score (nSPS) is 12.8. The summed E-state index contributed by atoms with van der Waals surface area (Å²) in [6, 6.07) is 17.1. The average molecular weight is 677 g/mol. The Hall–Kier alpha value is -2.44. The topological polar surface area (TPSA) is 61.8 Å². The standard InChI is InChI=1S/C35H39BO5P2S2/c1-8-13-29(9-2)42(34(37)32-26(5)22-28(36)23-27(32)6)40-16-18-44-45-19-17-41-43(30-14-11-10-12-15-30)35(38)33-25(4)20-24(3)21-31(33)39-7/h8-15,20-23H,1-2,16-19H2,3-7H3/b29-13+. The summed E-state index contributed by atoms with van der Waals surface area (Å²) in [5, 5.41) is 1.58. The molecule has 0 spiro atoms. The van der Waals surface area contributed by atoms with E-state index < -0.39 is 16.3 Å². The third kappa shape index (κ3) is 10.3. The molecule has 3 rings (SSSR count). The monoisotopic (exact) mass is 676 g/mol. The van der Waals surface area contributed by atoms with Gasteiger partial charge in [0.2, 0.25) is 11.0 Å². The first kappa shape index (κ1) is 37.0. The molecule has 45 heavy (non-hydrogen) atoms. The van der Waals surface area contributed by atoms with Gasteiger partial charge in [0.05, 0.1) is 25.9 Å². The summed E-state index contributed by atoms with van der Waals surface area (Å²) >= 11 is 0. The van der Waals surface area contributed by atoms with E-state index in [-0.39, 0.29) is 11.0 Å². The van der Waals surface area contributed by atoms with Gasteiger partial charge >= 0.3 is 0 Å². The van der Waals surface area contributed by atoms with Crippen molar-refractivity contribution in [2.24, 2.45) is 0 Å². The molecule has 3 aromatic carbocycles. The van der Waals surface area contributed by atoms with Crippen LogP contribution in [-0.2, 0) is 9.05 Å². The van der Waals surface area contributed by atoms with Gasteiger partial charge in [0, 0.05) is 27.7 Å². The molecule has 0 saturated heterocycles. The van der Waals surface area contributed by atoms with E-state index in [4.69, 9.17) is 21.6 Å². The summed E-state index contributed by atoms with van der Waals surface area (Å²) in [5.41, 5.74) is 5.25. The van der Waals surface area contributed by atoms with Crippen LogP contribution in [0.4, 0.5) is 0 Å². The predicted molar refractivity (Wildman–Crippen MR) is 198 cm³/mol. The SMILES string of the molecule is [B]c1cc(C)c(C(=O)P(OCCSSCCOP(C(=O)c2c(C)cc(C)cc2OC)c2ccccc2)/C(C=C)=C/C=C)c(C)c1. The first-order valence-corrected chi connectivity index (χ1v) is 19.3. The maximum Gasteiger partial charge on any atom is 0.220 e. The molecule has 0 aliphatic carbocycles. The zero-order chi connectivity index (χ0) is 32.9. The van der Waals surface area contributed by atoms with E-state index in [1.807, 2.05) is 82.3 Å². The van der Waals surface area contributed by atoms with Gasteiger partial charge in [-0.25, -0.2) is 0 Å². The van der Waals surface area contributed by atoms with E-state index in [0.717, 1.165) is 27.6 Å². The van der Waals surface area contributed by atoms with Crippen LogP contribution in [0, 0.1) is 27.7 Å². The Morgan fingerprint density at radius 1 is 0.844 bits per heavy atom. The molecule has 0 amide bonds. The first-order valence-electron chi connectivity index (χ1n) is 14.3. The molecular formula is C35H39BO5P2S2. The molecule has 0 bridgehead atoms. The van der Waals surface area contributed by atoms with Crippen molar-refractivity contribution in [1.82, 2.24) is 0 Å². The predicted octanol–water partition coefficient (Wildman–Crippen LogP) is 8.49. The van der Waals surface area contributed by atoms with Crippen molar-refractivity contribution < 1.29 is 23.4 Å². The number of rotatable bonds is 18. The Bertz CT molecular complexity index is 1520. The minimum atomic E-state index is -1.61. The second-order valence-corrected chi connectivity index (χ2v) is 16.3. The molecule has 0 aliphatic heterocycles. The van der Waals surface area contributed by atoms with Gasteiger partial charge in [-0.05, 0) is 56.0 Å². The molecule has 0 N–H and O–H groups in total. The van der Waals surface area contributed by atoms with Gasteiger partial charge in [-0.1, -0.05) is 107 Å². The first-order chi connectivity index (χ1) is 21.6. The van der Waals surface area contributed by atoms with Gasteiger partial charge < -0.3 is 13.8 Å². The van der Waals surface area contributed by atoms with Crippen LogP contribution in [0.5, 0.6) is 5.75 Å². The second kappa shape index (κ2) is 18.6. The lowest BCUT2D eigenvalue weighted by molar-refractivity contribution is 0.106. The fourth-order valence-electron chi connectivity index (χ4n) is 4.75. The number of benzene rings is 3. The third-order valence-corrected chi connectivity index (χ3v) is 12.6. The van der Waals surface area contributed by atoms with Crippen LogP contribution >= 0.6 is 37.9 Å². The van der Waals surface area contributed by atoms with Crippen molar-refractivity contribution in [1.29, 1.82) is 0 Å². The number of allylic oxidation sites excluding steroid dienone is 4. The number of hydrogen-bond donors (Lipinski definition) is 0. The highest BCUT2D eigenvalue weighted by atomic mass is 33.1. The molecule has 3 aromatic rings. The third-order valence-electron chi connectivity index (χ3n) is 6.60. The smallest absolute Gasteiger partial charge is 0.220 e. The molecule has 0 heterocycles. The molecule has 0 aliphatic rings. The van der Waals surface area contributed by atoms with Crippen molar-refractivity contribution in [3.05, 3.63) is 125 Å². The molecule has 2 radical (unpaired) electrons. The Morgan fingerprint density at radius 2 is 1.44 bits per heavy atom. The van der Waals surface area contributed by atoms with Crippen LogP contribution in [0.3, 0.4) is 0 Å². The highest BCUT2D eigenvalue weighted by molar-refractivity contribution is 8.76. The second-order valence-electron chi connectivity index (χ2n) is 10.1. The zero-order valence-electron chi connectivity index (χ0n) is 26.5. The summed E-state index contributed by atoms with van der Waals surface area (Å²) < 4.78 is 18.1. The van der Waals surface area contributed by atoms with Gasteiger partial charge in [0.1, 0.15) is 29.9 Å². The highest BCUT2D eigenvalue weighted by Crippen LogP contribution is 2.50. The maximum absolute atomic E-state index is 13.8. The molecule has 0 aromatic heterocycles. The minimum absolute atomic E-state index is 0.0631. The van der Waals surface area contributed by atoms with E-state index in [1.54, 1.807) is 46.9 Å². The van der Waals surface area contributed by atoms with Crippen molar-refractivity contribution in [2.45, 2.75) is 27.7 Å².